The molecule has 25 heavy (non-hydrogen) atoms. The molecular weight excluding hydrogens is 314 g/mol. The number of hydrogen-bond donors (Lipinski definition) is 2. The monoisotopic (exact) mass is 331 g/mol. The van der Waals surface area contributed by atoms with Crippen molar-refractivity contribution in [1.29, 1.82) is 0 Å². The Labute approximate surface area is 144 Å². The Hall–Kier alpha value is -3.41. The molecule has 0 saturated carbocycles. The standard InChI is InChI=1S/C19H17N5O/c1-11-6-5-8-14(12(11)2)21-19-23-17(22-18(20)24-19)16-10-13-7-3-4-9-15(13)25-16/h3-10H,1-2H3,(H3,20,21,22,23,24). The second-order valence-electron chi connectivity index (χ2n) is 5.86. The van der Waals surface area contributed by atoms with Crippen molar-refractivity contribution in [2.24, 2.45) is 0 Å². The highest BCUT2D eigenvalue weighted by Gasteiger charge is 2.13. The molecule has 3 N–H and O–H groups in total. The first-order valence-corrected chi connectivity index (χ1v) is 7.94. The lowest BCUT2D eigenvalue weighted by atomic mass is 10.1. The van der Waals surface area contributed by atoms with Gasteiger partial charge in [-0.2, -0.15) is 15.0 Å². The van der Waals surface area contributed by atoms with Gasteiger partial charge >= 0.3 is 0 Å². The van der Waals surface area contributed by atoms with Gasteiger partial charge in [0.1, 0.15) is 5.58 Å². The predicted molar refractivity (Wildman–Crippen MR) is 98.6 cm³/mol. The highest BCUT2D eigenvalue weighted by molar-refractivity contribution is 5.81. The molecule has 2 heterocycles. The van der Waals surface area contributed by atoms with Crippen molar-refractivity contribution in [3.05, 3.63) is 59.7 Å². The number of fused-ring (bicyclic) bond motifs is 1. The van der Waals surface area contributed by atoms with Crippen LogP contribution in [0.25, 0.3) is 22.6 Å². The zero-order valence-corrected chi connectivity index (χ0v) is 13.9. The fourth-order valence-corrected chi connectivity index (χ4v) is 2.66. The molecule has 0 fully saturated rings. The van der Waals surface area contributed by atoms with Crippen LogP contribution in [0.15, 0.2) is 52.9 Å². The third kappa shape index (κ3) is 2.89. The average molecular weight is 331 g/mol. The van der Waals surface area contributed by atoms with E-state index in [4.69, 9.17) is 10.2 Å². The van der Waals surface area contributed by atoms with Crippen LogP contribution in [0.3, 0.4) is 0 Å². The Balaban J connectivity index is 1.74. The number of rotatable bonds is 3. The van der Waals surface area contributed by atoms with Crippen LogP contribution in [0.2, 0.25) is 0 Å². The van der Waals surface area contributed by atoms with Gasteiger partial charge in [0.25, 0.3) is 0 Å². The highest BCUT2D eigenvalue weighted by atomic mass is 16.3. The summed E-state index contributed by atoms with van der Waals surface area (Å²) in [5, 5.41) is 4.20. The molecule has 0 saturated heterocycles. The molecule has 2 aromatic carbocycles. The van der Waals surface area contributed by atoms with E-state index in [9.17, 15) is 0 Å². The first kappa shape index (κ1) is 15.1. The lowest BCUT2D eigenvalue weighted by molar-refractivity contribution is 0.625. The summed E-state index contributed by atoms with van der Waals surface area (Å²) in [4.78, 5) is 12.8. The highest BCUT2D eigenvalue weighted by Crippen LogP contribution is 2.27. The van der Waals surface area contributed by atoms with Crippen molar-refractivity contribution in [3.63, 3.8) is 0 Å². The first-order valence-electron chi connectivity index (χ1n) is 7.94. The molecular formula is C19H17N5O. The van der Waals surface area contributed by atoms with Gasteiger partial charge in [-0.3, -0.25) is 0 Å². The third-order valence-electron chi connectivity index (χ3n) is 4.15. The minimum Gasteiger partial charge on any atom is -0.453 e. The second kappa shape index (κ2) is 5.90. The maximum absolute atomic E-state index is 5.87. The number of nitrogens with two attached hydrogens (primary N) is 1. The number of nitrogen functional groups attached to an aromatic ring is 1. The summed E-state index contributed by atoms with van der Waals surface area (Å²) < 4.78 is 5.82. The number of nitrogens with zero attached hydrogens (tertiary/aromatic N) is 3. The smallest absolute Gasteiger partial charge is 0.232 e. The summed E-state index contributed by atoms with van der Waals surface area (Å²) in [7, 11) is 0. The van der Waals surface area contributed by atoms with Crippen LogP contribution < -0.4 is 11.1 Å². The lowest BCUT2D eigenvalue weighted by Crippen LogP contribution is -2.05. The van der Waals surface area contributed by atoms with Gasteiger partial charge in [0.05, 0.1) is 0 Å². The molecule has 0 radical (unpaired) electrons. The van der Waals surface area contributed by atoms with Gasteiger partial charge in [-0.25, -0.2) is 0 Å². The van der Waals surface area contributed by atoms with E-state index in [0.29, 0.717) is 17.5 Å². The van der Waals surface area contributed by atoms with Crippen molar-refractivity contribution >= 4 is 28.6 Å². The molecule has 6 heteroatoms. The minimum atomic E-state index is 0.137. The lowest BCUT2D eigenvalue weighted by Gasteiger charge is -2.10. The van der Waals surface area contributed by atoms with E-state index in [0.717, 1.165) is 22.2 Å². The van der Waals surface area contributed by atoms with Gasteiger partial charge in [-0.15, -0.1) is 0 Å². The number of nitrogens with one attached hydrogen (secondary N) is 1. The van der Waals surface area contributed by atoms with E-state index >= 15 is 0 Å². The van der Waals surface area contributed by atoms with Crippen molar-refractivity contribution < 1.29 is 4.42 Å². The number of furan rings is 1. The molecule has 124 valence electrons. The molecule has 4 aromatic rings. The molecule has 0 aliphatic carbocycles. The third-order valence-corrected chi connectivity index (χ3v) is 4.15. The molecule has 0 aliphatic rings. The maximum Gasteiger partial charge on any atom is 0.232 e. The summed E-state index contributed by atoms with van der Waals surface area (Å²) in [5.41, 5.74) is 9.89. The van der Waals surface area contributed by atoms with Gasteiger partial charge in [0.2, 0.25) is 17.7 Å². The van der Waals surface area contributed by atoms with Crippen LogP contribution in [0.1, 0.15) is 11.1 Å². The van der Waals surface area contributed by atoms with Crippen molar-refractivity contribution in [1.82, 2.24) is 15.0 Å². The second-order valence-corrected chi connectivity index (χ2v) is 5.86. The number of anilines is 3. The van der Waals surface area contributed by atoms with Crippen molar-refractivity contribution in [2.75, 3.05) is 11.1 Å². The number of benzene rings is 2. The summed E-state index contributed by atoms with van der Waals surface area (Å²) >= 11 is 0. The number of aromatic nitrogens is 3. The van der Waals surface area contributed by atoms with E-state index in [2.05, 4.69) is 33.3 Å². The molecule has 0 aliphatic heterocycles. The summed E-state index contributed by atoms with van der Waals surface area (Å²) in [6, 6.07) is 15.7. The largest absolute Gasteiger partial charge is 0.453 e. The van der Waals surface area contributed by atoms with Crippen molar-refractivity contribution in [2.45, 2.75) is 13.8 Å². The van der Waals surface area contributed by atoms with Gasteiger partial charge in [-0.1, -0.05) is 30.3 Å². The zero-order chi connectivity index (χ0) is 17.4. The number of hydrogen-bond acceptors (Lipinski definition) is 6. The molecule has 0 unspecified atom stereocenters. The Bertz CT molecular complexity index is 1040. The Morgan fingerprint density at radius 2 is 1.80 bits per heavy atom. The van der Waals surface area contributed by atoms with E-state index in [-0.39, 0.29) is 5.95 Å². The van der Waals surface area contributed by atoms with Crippen LogP contribution in [0.4, 0.5) is 17.6 Å². The van der Waals surface area contributed by atoms with E-state index < -0.39 is 0 Å². The predicted octanol–water partition coefficient (Wildman–Crippen LogP) is 4.23. The fourth-order valence-electron chi connectivity index (χ4n) is 2.66. The van der Waals surface area contributed by atoms with Gasteiger partial charge in [0, 0.05) is 11.1 Å². The van der Waals surface area contributed by atoms with Crippen LogP contribution in [-0.2, 0) is 0 Å². The van der Waals surface area contributed by atoms with Crippen LogP contribution in [0.5, 0.6) is 0 Å². The minimum absolute atomic E-state index is 0.137. The molecule has 6 nitrogen and oxygen atoms in total. The van der Waals surface area contributed by atoms with Crippen LogP contribution in [0, 0.1) is 13.8 Å². The van der Waals surface area contributed by atoms with Crippen molar-refractivity contribution in [3.8, 4) is 11.6 Å². The maximum atomic E-state index is 5.87. The van der Waals surface area contributed by atoms with E-state index in [1.807, 2.05) is 49.4 Å². The van der Waals surface area contributed by atoms with Gasteiger partial charge < -0.3 is 15.5 Å². The molecule has 2 aromatic heterocycles. The molecule has 0 spiro atoms. The molecule has 0 atom stereocenters. The summed E-state index contributed by atoms with van der Waals surface area (Å²) in [6.45, 7) is 4.10. The molecule has 0 amide bonds. The van der Waals surface area contributed by atoms with E-state index in [1.165, 1.54) is 5.56 Å². The van der Waals surface area contributed by atoms with Gasteiger partial charge in [-0.05, 0) is 43.2 Å². The quantitative estimate of drug-likeness (QED) is 0.584. The first-order chi connectivity index (χ1) is 12.1. The average Bonchev–Trinajstić information content (AvgIpc) is 3.03. The summed E-state index contributed by atoms with van der Waals surface area (Å²) in [6.07, 6.45) is 0. The van der Waals surface area contributed by atoms with E-state index in [1.54, 1.807) is 0 Å². The number of para-hydroxylation sites is 1. The number of aryl methyl sites for hydroxylation is 1. The molecule has 0 bridgehead atoms. The van der Waals surface area contributed by atoms with Crippen LogP contribution in [-0.4, -0.2) is 15.0 Å². The Kier molecular flexibility index (Phi) is 3.57. The van der Waals surface area contributed by atoms with Gasteiger partial charge in [0.15, 0.2) is 5.76 Å². The zero-order valence-electron chi connectivity index (χ0n) is 13.9. The Morgan fingerprint density at radius 3 is 2.64 bits per heavy atom. The SMILES string of the molecule is Cc1cccc(Nc2nc(N)nc(-c3cc4ccccc4o3)n2)c1C. The fraction of sp³-hybridized carbons (Fsp3) is 0.105. The molecule has 4 rings (SSSR count). The normalized spacial score (nSPS) is 11.0. The summed E-state index contributed by atoms with van der Waals surface area (Å²) in [5.74, 6) is 1.48. The van der Waals surface area contributed by atoms with Crippen LogP contribution >= 0.6 is 0 Å². The Morgan fingerprint density at radius 1 is 0.960 bits per heavy atom. The topological polar surface area (TPSA) is 89.9 Å².